The first-order valence-electron chi connectivity index (χ1n) is 9.53. The lowest BCUT2D eigenvalue weighted by Gasteiger charge is -2.32. The summed E-state index contributed by atoms with van der Waals surface area (Å²) in [6.07, 6.45) is 4.15. The van der Waals surface area contributed by atoms with E-state index in [1.807, 2.05) is 30.3 Å². The van der Waals surface area contributed by atoms with Crippen LogP contribution in [-0.4, -0.2) is 9.79 Å². The lowest BCUT2D eigenvalue weighted by molar-refractivity contribution is 0.189. The van der Waals surface area contributed by atoms with Gasteiger partial charge in [0.05, 0.1) is 6.61 Å². The zero-order valence-electron chi connectivity index (χ0n) is 17.1. The highest BCUT2D eigenvalue weighted by molar-refractivity contribution is 7.46. The fraction of sp³-hybridized carbons (Fsp3) is 0.391. The molecule has 1 unspecified atom stereocenters. The second-order valence-electron chi connectivity index (χ2n) is 8.81. The van der Waals surface area contributed by atoms with E-state index >= 15 is 0 Å². The van der Waals surface area contributed by atoms with Crippen LogP contribution >= 0.6 is 7.82 Å². The monoisotopic (exact) mass is 400 g/mol. The molecule has 0 bridgehead atoms. The van der Waals surface area contributed by atoms with Crippen molar-refractivity contribution in [1.29, 1.82) is 0 Å². The normalized spacial score (nSPS) is 20.5. The van der Waals surface area contributed by atoms with Gasteiger partial charge in [-0.25, -0.2) is 4.57 Å². The molecule has 0 aliphatic heterocycles. The van der Waals surface area contributed by atoms with Crippen molar-refractivity contribution in [3.8, 4) is 0 Å². The van der Waals surface area contributed by atoms with Crippen LogP contribution in [0.2, 0.25) is 0 Å². The molecule has 1 atom stereocenters. The molecule has 0 saturated carbocycles. The number of rotatable bonds is 5. The van der Waals surface area contributed by atoms with E-state index < -0.39 is 7.82 Å². The number of fused-ring (bicyclic) bond motifs is 1. The molecule has 0 spiro atoms. The predicted octanol–water partition coefficient (Wildman–Crippen LogP) is 5.67. The van der Waals surface area contributed by atoms with Crippen molar-refractivity contribution < 1.29 is 18.9 Å². The fourth-order valence-corrected chi connectivity index (χ4v) is 4.52. The van der Waals surface area contributed by atoms with Crippen LogP contribution in [0.4, 0.5) is 0 Å². The molecule has 3 rings (SSSR count). The maximum atomic E-state index is 10.8. The van der Waals surface area contributed by atoms with Crippen LogP contribution in [0.5, 0.6) is 0 Å². The van der Waals surface area contributed by atoms with E-state index in [2.05, 4.69) is 63.4 Å². The van der Waals surface area contributed by atoms with Gasteiger partial charge in [0.1, 0.15) is 0 Å². The SMILES string of the molecule is CC1C(C)(C)c2ccc(C=Cc3ccc(COP(=O)(O)O)cc3)cc2C1(C)C. The zero-order chi connectivity index (χ0) is 20.7. The molecule has 150 valence electrons. The molecule has 0 saturated heterocycles. The highest BCUT2D eigenvalue weighted by atomic mass is 31.2. The predicted molar refractivity (Wildman–Crippen MR) is 114 cm³/mol. The molecule has 0 radical (unpaired) electrons. The lowest BCUT2D eigenvalue weighted by Crippen LogP contribution is -2.30. The molecule has 0 amide bonds. The first-order chi connectivity index (χ1) is 12.9. The van der Waals surface area contributed by atoms with Crippen molar-refractivity contribution in [2.75, 3.05) is 0 Å². The Bertz CT molecular complexity index is 936. The van der Waals surface area contributed by atoms with Gasteiger partial charge in [0.2, 0.25) is 0 Å². The van der Waals surface area contributed by atoms with E-state index in [1.54, 1.807) is 0 Å². The third-order valence-corrected chi connectivity index (χ3v) is 6.91. The van der Waals surface area contributed by atoms with Gasteiger partial charge in [0.15, 0.2) is 0 Å². The van der Waals surface area contributed by atoms with Crippen molar-refractivity contribution in [2.45, 2.75) is 52.1 Å². The van der Waals surface area contributed by atoms with Crippen LogP contribution < -0.4 is 0 Å². The van der Waals surface area contributed by atoms with E-state index in [1.165, 1.54) is 16.7 Å². The van der Waals surface area contributed by atoms with Gasteiger partial charge in [0.25, 0.3) is 0 Å². The number of phosphoric acid groups is 1. The molecule has 0 aromatic heterocycles. The van der Waals surface area contributed by atoms with Gasteiger partial charge in [-0.15, -0.1) is 0 Å². The van der Waals surface area contributed by atoms with Crippen LogP contribution in [0.1, 0.15) is 62.4 Å². The fourth-order valence-electron chi connectivity index (χ4n) is 4.21. The lowest BCUT2D eigenvalue weighted by atomic mass is 9.71. The third kappa shape index (κ3) is 4.16. The van der Waals surface area contributed by atoms with E-state index in [4.69, 9.17) is 9.79 Å². The quantitative estimate of drug-likeness (QED) is 0.501. The van der Waals surface area contributed by atoms with Crippen molar-refractivity contribution in [3.63, 3.8) is 0 Å². The minimum atomic E-state index is -4.44. The average Bonchev–Trinajstić information content (AvgIpc) is 2.76. The van der Waals surface area contributed by atoms with Crippen LogP contribution in [0, 0.1) is 5.92 Å². The van der Waals surface area contributed by atoms with Gasteiger partial charge in [-0.3, -0.25) is 4.52 Å². The van der Waals surface area contributed by atoms with Crippen LogP contribution in [0.15, 0.2) is 42.5 Å². The second kappa shape index (κ2) is 7.27. The summed E-state index contributed by atoms with van der Waals surface area (Å²) in [5.74, 6) is 0.567. The van der Waals surface area contributed by atoms with Gasteiger partial charge in [-0.2, -0.15) is 0 Å². The second-order valence-corrected chi connectivity index (χ2v) is 10.0. The highest BCUT2D eigenvalue weighted by Crippen LogP contribution is 2.53. The van der Waals surface area contributed by atoms with Crippen molar-refractivity contribution in [2.24, 2.45) is 5.92 Å². The molecule has 1 aliphatic rings. The van der Waals surface area contributed by atoms with Gasteiger partial charge < -0.3 is 9.79 Å². The van der Waals surface area contributed by atoms with Crippen molar-refractivity contribution in [3.05, 3.63) is 70.3 Å². The Morgan fingerprint density at radius 2 is 1.46 bits per heavy atom. The van der Waals surface area contributed by atoms with Crippen LogP contribution in [0.3, 0.4) is 0 Å². The van der Waals surface area contributed by atoms with Crippen molar-refractivity contribution >= 4 is 20.0 Å². The summed E-state index contributed by atoms with van der Waals surface area (Å²) in [6, 6.07) is 14.2. The average molecular weight is 400 g/mol. The standard InChI is InChI=1S/C23H29O4P/c1-16-22(2,3)20-13-12-18(14-21(20)23(16,4)5)9-6-17-7-10-19(11-8-17)15-27-28(24,25)26/h6-14,16H,15H2,1-5H3,(H2,24,25,26). The van der Waals surface area contributed by atoms with E-state index in [9.17, 15) is 4.57 Å². The smallest absolute Gasteiger partial charge is 0.303 e. The summed E-state index contributed by atoms with van der Waals surface area (Å²) < 4.78 is 15.3. The summed E-state index contributed by atoms with van der Waals surface area (Å²) in [6.45, 7) is 11.6. The van der Waals surface area contributed by atoms with Gasteiger partial charge in [-0.05, 0) is 44.6 Å². The summed E-state index contributed by atoms with van der Waals surface area (Å²) in [5, 5.41) is 0. The molecular weight excluding hydrogens is 371 g/mol. The Morgan fingerprint density at radius 1 is 0.929 bits per heavy atom. The third-order valence-electron chi connectivity index (χ3n) is 6.44. The molecule has 1 aliphatic carbocycles. The van der Waals surface area contributed by atoms with Gasteiger partial charge >= 0.3 is 7.82 Å². The molecule has 2 aromatic carbocycles. The maximum Gasteiger partial charge on any atom is 0.469 e. The minimum Gasteiger partial charge on any atom is -0.303 e. The van der Waals surface area contributed by atoms with Crippen LogP contribution in [0.25, 0.3) is 12.2 Å². The van der Waals surface area contributed by atoms with Gasteiger partial charge in [0, 0.05) is 0 Å². The van der Waals surface area contributed by atoms with Gasteiger partial charge in [-0.1, -0.05) is 89.2 Å². The zero-order valence-corrected chi connectivity index (χ0v) is 18.0. The maximum absolute atomic E-state index is 10.8. The Labute approximate surface area is 167 Å². The van der Waals surface area contributed by atoms with Crippen molar-refractivity contribution in [1.82, 2.24) is 0 Å². The highest BCUT2D eigenvalue weighted by Gasteiger charge is 2.48. The number of hydrogen-bond acceptors (Lipinski definition) is 2. The van der Waals surface area contributed by atoms with E-state index in [0.29, 0.717) is 5.92 Å². The number of hydrogen-bond donors (Lipinski definition) is 2. The van der Waals surface area contributed by atoms with E-state index in [-0.39, 0.29) is 17.4 Å². The Morgan fingerprint density at radius 3 is 2.07 bits per heavy atom. The first kappa shape index (κ1) is 21.0. The van der Waals surface area contributed by atoms with E-state index in [0.717, 1.165) is 11.1 Å². The topological polar surface area (TPSA) is 66.8 Å². The molecule has 5 heteroatoms. The largest absolute Gasteiger partial charge is 0.469 e. The molecular formula is C23H29O4P. The number of phosphoric ester groups is 1. The minimum absolute atomic E-state index is 0.109. The van der Waals surface area contributed by atoms with Crippen LogP contribution in [-0.2, 0) is 26.5 Å². The molecule has 2 N–H and O–H groups in total. The Hall–Kier alpha value is -1.71. The molecule has 0 fully saturated rings. The summed E-state index contributed by atoms with van der Waals surface area (Å²) in [5.41, 5.74) is 6.10. The first-order valence-corrected chi connectivity index (χ1v) is 11.1. The molecule has 0 heterocycles. The molecule has 28 heavy (non-hydrogen) atoms. The number of benzene rings is 2. The summed E-state index contributed by atoms with van der Waals surface area (Å²) in [7, 11) is -4.44. The summed E-state index contributed by atoms with van der Waals surface area (Å²) >= 11 is 0. The Kier molecular flexibility index (Phi) is 5.46. The molecule has 2 aromatic rings. The Balaban J connectivity index is 1.77. The molecule has 4 nitrogen and oxygen atoms in total. The summed E-state index contributed by atoms with van der Waals surface area (Å²) in [4.78, 5) is 17.5.